The normalized spacial score (nSPS) is 18.9. The minimum absolute atomic E-state index is 0.0799. The molecule has 3 aliphatic rings. The highest BCUT2D eigenvalue weighted by molar-refractivity contribution is 6.30. The lowest BCUT2D eigenvalue weighted by Crippen LogP contribution is -2.48. The van der Waals surface area contributed by atoms with Crippen molar-refractivity contribution in [2.24, 2.45) is 0 Å². The van der Waals surface area contributed by atoms with Crippen LogP contribution >= 0.6 is 11.6 Å². The third-order valence-corrected chi connectivity index (χ3v) is 11.1. The summed E-state index contributed by atoms with van der Waals surface area (Å²) >= 11 is 6.05. The van der Waals surface area contributed by atoms with Crippen molar-refractivity contribution in [1.82, 2.24) is 9.55 Å². The fraction of sp³-hybridized carbons (Fsp3) is 0.262. The van der Waals surface area contributed by atoms with Gasteiger partial charge in [0, 0.05) is 39.2 Å². The van der Waals surface area contributed by atoms with Crippen molar-refractivity contribution in [3.05, 3.63) is 127 Å². The van der Waals surface area contributed by atoms with Crippen LogP contribution in [0.25, 0.3) is 27.1 Å². The number of amides is 1. The zero-order chi connectivity index (χ0) is 39.5. The fourth-order valence-electron chi connectivity index (χ4n) is 7.98. The number of hydrogen-bond acceptors (Lipinski definition) is 10. The number of pyridine rings is 2. The number of carbonyl (C=O) groups excluding carboxylic acids is 4. The van der Waals surface area contributed by atoms with Crippen LogP contribution in [0.3, 0.4) is 0 Å². The Morgan fingerprint density at radius 3 is 2.57 bits per heavy atom. The summed E-state index contributed by atoms with van der Waals surface area (Å²) < 4.78 is 23.7. The molecule has 2 unspecified atom stereocenters. The van der Waals surface area contributed by atoms with Crippen LogP contribution in [0.5, 0.6) is 5.75 Å². The van der Waals surface area contributed by atoms with Crippen LogP contribution in [0.2, 0.25) is 5.02 Å². The van der Waals surface area contributed by atoms with Crippen LogP contribution in [0.15, 0.2) is 77.6 Å². The molecule has 0 aliphatic carbocycles. The Morgan fingerprint density at radius 1 is 1.05 bits per heavy atom. The summed E-state index contributed by atoms with van der Waals surface area (Å²) in [6.07, 6.45) is -0.270. The number of fused-ring (bicyclic) bond motifs is 6. The number of cyclic esters (lactones) is 1. The van der Waals surface area contributed by atoms with E-state index in [0.29, 0.717) is 55.6 Å². The summed E-state index contributed by atoms with van der Waals surface area (Å²) in [5.74, 6) is -2.88. The van der Waals surface area contributed by atoms with Crippen LogP contribution in [-0.4, -0.2) is 53.1 Å². The van der Waals surface area contributed by atoms with E-state index in [0.717, 1.165) is 5.56 Å². The molecule has 5 heterocycles. The zero-order valence-electron chi connectivity index (χ0n) is 30.5. The second-order valence-corrected chi connectivity index (χ2v) is 14.3. The average molecular weight is 773 g/mol. The topological polar surface area (TPSA) is 148 Å². The summed E-state index contributed by atoms with van der Waals surface area (Å²) in [6.45, 7) is 10.0. The van der Waals surface area contributed by atoms with Gasteiger partial charge in [0.2, 0.25) is 5.60 Å². The Morgan fingerprint density at radius 2 is 1.84 bits per heavy atom. The summed E-state index contributed by atoms with van der Waals surface area (Å²) in [5, 5.41) is 1.15. The van der Waals surface area contributed by atoms with Gasteiger partial charge in [0.05, 0.1) is 49.1 Å². The maximum Gasteiger partial charge on any atom is 0.355 e. The maximum atomic E-state index is 13.9. The van der Waals surface area contributed by atoms with Gasteiger partial charge in [-0.1, -0.05) is 36.7 Å². The van der Waals surface area contributed by atoms with Gasteiger partial charge in [-0.3, -0.25) is 14.4 Å². The highest BCUT2D eigenvalue weighted by atomic mass is 35.5. The third-order valence-electron chi connectivity index (χ3n) is 10.8. The number of carbonyl (C=O) groups is 4. The number of hydrogen-bond donors (Lipinski definition) is 0. The first-order chi connectivity index (χ1) is 27.0. The van der Waals surface area contributed by atoms with Gasteiger partial charge in [-0.25, -0.2) is 19.4 Å². The molecule has 8 rings (SSSR count). The number of esters is 3. The Bertz CT molecular complexity index is 2610. The first-order valence-corrected chi connectivity index (χ1v) is 18.2. The van der Waals surface area contributed by atoms with Gasteiger partial charge in [0.1, 0.15) is 12.4 Å². The predicted molar refractivity (Wildman–Crippen MR) is 204 cm³/mol. The first-order valence-electron chi connectivity index (χ1n) is 17.9. The maximum absolute atomic E-state index is 13.9. The van der Waals surface area contributed by atoms with Gasteiger partial charge in [0.25, 0.3) is 11.5 Å². The molecule has 0 fully saturated rings. The largest absolute Gasteiger partial charge is 0.497 e. The van der Waals surface area contributed by atoms with Gasteiger partial charge >= 0.3 is 17.9 Å². The molecule has 14 heteroatoms. The molecule has 13 nitrogen and oxygen atoms in total. The minimum Gasteiger partial charge on any atom is -0.497 e. The van der Waals surface area contributed by atoms with Crippen LogP contribution < -0.4 is 15.2 Å². The zero-order valence-corrected chi connectivity index (χ0v) is 31.2. The molecule has 56 heavy (non-hydrogen) atoms. The van der Waals surface area contributed by atoms with Crippen LogP contribution in [0.4, 0.5) is 11.4 Å². The van der Waals surface area contributed by atoms with E-state index in [9.17, 15) is 24.0 Å². The van der Waals surface area contributed by atoms with Crippen LogP contribution in [-0.2, 0) is 47.3 Å². The summed E-state index contributed by atoms with van der Waals surface area (Å²) in [4.78, 5) is 78.0. The number of anilines is 1. The molecule has 0 bridgehead atoms. The smallest absolute Gasteiger partial charge is 0.355 e. The van der Waals surface area contributed by atoms with E-state index in [1.54, 1.807) is 78.6 Å². The van der Waals surface area contributed by atoms with Crippen molar-refractivity contribution in [1.29, 1.82) is 0 Å². The van der Waals surface area contributed by atoms with Crippen LogP contribution in [0.1, 0.15) is 65.2 Å². The SMILES string of the molecule is [C-]#[N+]c1cccc2nc3c(cc12)Cn1c-3cc2c(c1=O)COC(=O)[C@@]2(CC)OC(=O)COC(=O)CC1c2cc(OC)ccc2N(C(=O)c2ccc(Cl)cc2)C1C. The van der Waals surface area contributed by atoms with Crippen molar-refractivity contribution < 1.29 is 38.1 Å². The number of halogens is 1. The predicted octanol–water partition coefficient (Wildman–Crippen LogP) is 6.61. The Hall–Kier alpha value is -6.52. The van der Waals surface area contributed by atoms with Crippen molar-refractivity contribution in [2.75, 3.05) is 18.6 Å². The average Bonchev–Trinajstić information content (AvgIpc) is 3.70. The van der Waals surface area contributed by atoms with E-state index < -0.39 is 47.6 Å². The lowest BCUT2D eigenvalue weighted by atomic mass is 9.85. The van der Waals surface area contributed by atoms with Gasteiger partial charge in [-0.2, -0.15) is 0 Å². The van der Waals surface area contributed by atoms with E-state index in [2.05, 4.69) is 4.85 Å². The number of ether oxygens (including phenoxy) is 4. The summed E-state index contributed by atoms with van der Waals surface area (Å²) in [6, 6.07) is 20.0. The molecule has 1 amide bonds. The molecule has 0 spiro atoms. The Labute approximate surface area is 325 Å². The minimum atomic E-state index is -2.00. The lowest BCUT2D eigenvalue weighted by molar-refractivity contribution is -0.192. The standard InChI is InChI=1S/C42H33ClN4O9/c1-5-42(31-18-35-38-24(15-29-32(44-3)7-6-8-33(29)45-38)19-46(35)40(51)30(31)20-55-41(42)52)56-37(49)21-54-36(48)17-27-22(2)47(34-14-13-26(53-4)16-28(27)34)39(50)23-9-11-25(43)12-10-23/h6-16,18,22,27H,5,17,19-21H2,1-2,4H3/t22?,27?,42-/m0/s1. The molecule has 2 aromatic heterocycles. The summed E-state index contributed by atoms with van der Waals surface area (Å²) in [5.41, 5.74) is 2.29. The lowest BCUT2D eigenvalue weighted by Gasteiger charge is -2.35. The number of benzene rings is 3. The second kappa shape index (κ2) is 14.0. The molecule has 3 aliphatic heterocycles. The van der Waals surface area contributed by atoms with Gasteiger partial charge in [-0.05, 0) is 79.1 Å². The number of methoxy groups -OCH3 is 1. The number of nitrogens with zero attached hydrogens (tertiary/aromatic N) is 4. The first kappa shape index (κ1) is 36.5. The van der Waals surface area contributed by atoms with Crippen LogP contribution in [0, 0.1) is 6.57 Å². The molecular formula is C42H33ClN4O9. The highest BCUT2D eigenvalue weighted by Crippen LogP contribution is 2.46. The van der Waals surface area contributed by atoms with Crippen molar-refractivity contribution >= 4 is 57.7 Å². The van der Waals surface area contributed by atoms with Crippen molar-refractivity contribution in [3.63, 3.8) is 0 Å². The molecule has 3 atom stereocenters. The Kier molecular flexibility index (Phi) is 9.09. The molecule has 0 radical (unpaired) electrons. The highest BCUT2D eigenvalue weighted by Gasteiger charge is 2.51. The Balaban J connectivity index is 1.03. The monoisotopic (exact) mass is 772 g/mol. The van der Waals surface area contributed by atoms with E-state index in [4.69, 9.17) is 42.1 Å². The molecule has 0 saturated heterocycles. The second-order valence-electron chi connectivity index (χ2n) is 13.8. The quantitative estimate of drug-likeness (QED) is 0.0941. The molecule has 0 saturated carbocycles. The van der Waals surface area contributed by atoms with E-state index in [1.165, 1.54) is 11.7 Å². The molecule has 282 valence electrons. The van der Waals surface area contributed by atoms with E-state index in [1.807, 2.05) is 13.0 Å². The molecule has 3 aromatic carbocycles. The fourth-order valence-corrected chi connectivity index (χ4v) is 8.11. The number of aromatic nitrogens is 2. The van der Waals surface area contributed by atoms with Crippen molar-refractivity contribution in [2.45, 2.75) is 57.4 Å². The summed E-state index contributed by atoms with van der Waals surface area (Å²) in [7, 11) is 1.52. The molecular weight excluding hydrogens is 740 g/mol. The molecule has 0 N–H and O–H groups in total. The van der Waals surface area contributed by atoms with Gasteiger partial charge < -0.3 is 28.4 Å². The number of rotatable bonds is 8. The van der Waals surface area contributed by atoms with E-state index >= 15 is 0 Å². The van der Waals surface area contributed by atoms with Gasteiger partial charge in [-0.15, -0.1) is 0 Å². The van der Waals surface area contributed by atoms with Gasteiger partial charge in [0.15, 0.2) is 12.3 Å². The van der Waals surface area contributed by atoms with E-state index in [-0.39, 0.29) is 43.0 Å². The van der Waals surface area contributed by atoms with Crippen molar-refractivity contribution in [3.8, 4) is 17.1 Å². The third kappa shape index (κ3) is 5.84. The molecule has 5 aromatic rings.